The minimum absolute atomic E-state index is 0.168. The molecule has 2 atom stereocenters. The number of rotatable bonds is 4. The number of hydrogen-bond acceptors (Lipinski definition) is 3. The Kier molecular flexibility index (Phi) is 3.93. The Morgan fingerprint density at radius 2 is 2.05 bits per heavy atom. The van der Waals surface area contributed by atoms with Gasteiger partial charge in [-0.15, -0.1) is 0 Å². The molecule has 1 N–H and O–H groups in total. The molecule has 2 aliphatic rings. The summed E-state index contributed by atoms with van der Waals surface area (Å²) in [6.45, 7) is 11.5. The highest BCUT2D eigenvalue weighted by Gasteiger charge is 2.56. The lowest BCUT2D eigenvalue weighted by Crippen LogP contribution is -2.39. The molecule has 1 aromatic heterocycles. The molecule has 0 radical (unpaired) electrons. The van der Waals surface area contributed by atoms with Crippen molar-refractivity contribution in [3.05, 3.63) is 24.0 Å². The Morgan fingerprint density at radius 1 is 1.36 bits per heavy atom. The summed E-state index contributed by atoms with van der Waals surface area (Å²) in [6, 6.07) is 4.82. The summed E-state index contributed by atoms with van der Waals surface area (Å²) in [5, 5.41) is 3.64. The van der Waals surface area contributed by atoms with Crippen molar-refractivity contribution >= 4 is 6.09 Å². The molecular formula is C17H27N3O2. The molecule has 1 saturated heterocycles. The van der Waals surface area contributed by atoms with E-state index in [1.807, 2.05) is 25.7 Å². The molecule has 5 nitrogen and oxygen atoms in total. The van der Waals surface area contributed by atoms with Gasteiger partial charge in [-0.05, 0) is 51.7 Å². The number of carbonyl (C=O) groups is 1. The van der Waals surface area contributed by atoms with E-state index >= 15 is 0 Å². The van der Waals surface area contributed by atoms with E-state index in [0.29, 0.717) is 17.9 Å². The minimum Gasteiger partial charge on any atom is -0.444 e. The second kappa shape index (κ2) is 5.61. The van der Waals surface area contributed by atoms with Gasteiger partial charge in [0.15, 0.2) is 0 Å². The van der Waals surface area contributed by atoms with Gasteiger partial charge in [0.1, 0.15) is 5.60 Å². The second-order valence-corrected chi connectivity index (χ2v) is 7.41. The number of carbonyl (C=O) groups excluding carboxylic acids is 1. The van der Waals surface area contributed by atoms with Crippen LogP contribution in [0.25, 0.3) is 0 Å². The highest BCUT2D eigenvalue weighted by Crippen LogP contribution is 2.45. The van der Waals surface area contributed by atoms with E-state index in [1.54, 1.807) is 0 Å². The van der Waals surface area contributed by atoms with Crippen molar-refractivity contribution in [3.8, 4) is 0 Å². The average Bonchev–Trinajstić information content (AvgIpc) is 2.85. The maximum Gasteiger partial charge on any atom is 0.410 e. The van der Waals surface area contributed by atoms with Crippen LogP contribution < -0.4 is 5.32 Å². The molecule has 122 valence electrons. The van der Waals surface area contributed by atoms with Gasteiger partial charge in [-0.25, -0.2) is 4.79 Å². The highest BCUT2D eigenvalue weighted by molar-refractivity contribution is 5.69. The Labute approximate surface area is 132 Å². The number of fused-ring (bicyclic) bond motifs is 1. The monoisotopic (exact) mass is 305 g/mol. The van der Waals surface area contributed by atoms with Crippen LogP contribution in [0.5, 0.6) is 0 Å². The van der Waals surface area contributed by atoms with Gasteiger partial charge in [0.05, 0.1) is 0 Å². The number of likely N-dealkylation sites (tertiary alicyclic amines) is 1. The summed E-state index contributed by atoms with van der Waals surface area (Å²) in [4.78, 5) is 13.9. The second-order valence-electron chi connectivity index (χ2n) is 7.41. The minimum atomic E-state index is -0.410. The molecule has 3 rings (SSSR count). The Hall–Kier alpha value is -1.49. The van der Waals surface area contributed by atoms with Crippen LogP contribution in [0.15, 0.2) is 18.3 Å². The summed E-state index contributed by atoms with van der Waals surface area (Å²) in [7, 11) is 0. The van der Waals surface area contributed by atoms with Crippen molar-refractivity contribution in [2.45, 2.75) is 52.4 Å². The molecule has 1 aromatic rings. The van der Waals surface area contributed by atoms with Gasteiger partial charge >= 0.3 is 6.09 Å². The molecule has 0 aromatic carbocycles. The van der Waals surface area contributed by atoms with E-state index in [9.17, 15) is 4.79 Å². The molecule has 2 unspecified atom stereocenters. The number of amides is 1. The van der Waals surface area contributed by atoms with Gasteiger partial charge in [0, 0.05) is 44.1 Å². The summed E-state index contributed by atoms with van der Waals surface area (Å²) < 4.78 is 7.70. The maximum atomic E-state index is 12.0. The fourth-order valence-electron chi connectivity index (χ4n) is 3.45. The number of nitrogens with one attached hydrogen (secondary N) is 1. The van der Waals surface area contributed by atoms with E-state index in [1.165, 1.54) is 5.69 Å². The Morgan fingerprint density at radius 3 is 2.64 bits per heavy atom. The van der Waals surface area contributed by atoms with Crippen LogP contribution >= 0.6 is 0 Å². The standard InChI is InChI=1S/C17H27N3O2/c1-5-19-8-6-7-12(19)9-18-15-13-10-20(11-14(13)15)16(21)22-17(2,3)4/h6-8,13-15,18H,5,9-11H2,1-4H3. The molecule has 1 saturated carbocycles. The third kappa shape index (κ3) is 3.14. The first-order valence-electron chi connectivity index (χ1n) is 8.24. The van der Waals surface area contributed by atoms with E-state index in [0.717, 1.165) is 26.2 Å². The first kappa shape index (κ1) is 15.4. The lowest BCUT2D eigenvalue weighted by Gasteiger charge is -2.26. The van der Waals surface area contributed by atoms with Crippen molar-refractivity contribution in [2.75, 3.05) is 13.1 Å². The molecule has 0 spiro atoms. The zero-order chi connectivity index (χ0) is 15.9. The van der Waals surface area contributed by atoms with Crippen LogP contribution in [-0.2, 0) is 17.8 Å². The van der Waals surface area contributed by atoms with Gasteiger partial charge in [-0.3, -0.25) is 0 Å². The molecule has 1 amide bonds. The molecule has 22 heavy (non-hydrogen) atoms. The van der Waals surface area contributed by atoms with Gasteiger partial charge in [0.25, 0.3) is 0 Å². The van der Waals surface area contributed by atoms with Crippen LogP contribution in [0.1, 0.15) is 33.4 Å². The molecule has 2 heterocycles. The highest BCUT2D eigenvalue weighted by atomic mass is 16.6. The number of piperidine rings is 1. The zero-order valence-corrected chi connectivity index (χ0v) is 14.0. The molecular weight excluding hydrogens is 278 g/mol. The van der Waals surface area contributed by atoms with Crippen molar-refractivity contribution in [1.82, 2.24) is 14.8 Å². The quantitative estimate of drug-likeness (QED) is 0.929. The lowest BCUT2D eigenvalue weighted by molar-refractivity contribution is 0.0269. The fourth-order valence-corrected chi connectivity index (χ4v) is 3.45. The van der Waals surface area contributed by atoms with Crippen LogP contribution in [0, 0.1) is 11.8 Å². The van der Waals surface area contributed by atoms with Crippen LogP contribution in [0.2, 0.25) is 0 Å². The first-order chi connectivity index (χ1) is 10.4. The maximum absolute atomic E-state index is 12.0. The first-order valence-corrected chi connectivity index (χ1v) is 8.24. The van der Waals surface area contributed by atoms with Crippen LogP contribution in [-0.4, -0.2) is 40.3 Å². The van der Waals surface area contributed by atoms with Crippen molar-refractivity contribution in [2.24, 2.45) is 11.8 Å². The van der Waals surface area contributed by atoms with Gasteiger partial charge < -0.3 is 19.5 Å². The van der Waals surface area contributed by atoms with E-state index in [4.69, 9.17) is 4.74 Å². The number of aromatic nitrogens is 1. The fraction of sp³-hybridized carbons (Fsp3) is 0.706. The number of nitrogens with zero attached hydrogens (tertiary/aromatic N) is 2. The van der Waals surface area contributed by atoms with E-state index < -0.39 is 5.60 Å². The smallest absolute Gasteiger partial charge is 0.410 e. The summed E-state index contributed by atoms with van der Waals surface area (Å²) in [5.74, 6) is 1.19. The van der Waals surface area contributed by atoms with Crippen LogP contribution in [0.4, 0.5) is 4.79 Å². The Bertz CT molecular complexity index is 534. The van der Waals surface area contributed by atoms with Gasteiger partial charge in [-0.2, -0.15) is 0 Å². The summed E-state index contributed by atoms with van der Waals surface area (Å²) >= 11 is 0. The largest absolute Gasteiger partial charge is 0.444 e. The average molecular weight is 305 g/mol. The van der Waals surface area contributed by atoms with Gasteiger partial charge in [-0.1, -0.05) is 0 Å². The van der Waals surface area contributed by atoms with Gasteiger partial charge in [0.2, 0.25) is 0 Å². The zero-order valence-electron chi connectivity index (χ0n) is 14.0. The predicted molar refractivity (Wildman–Crippen MR) is 85.5 cm³/mol. The van der Waals surface area contributed by atoms with Crippen molar-refractivity contribution < 1.29 is 9.53 Å². The Balaban J connectivity index is 1.44. The predicted octanol–water partition coefficient (Wildman–Crippen LogP) is 2.46. The number of ether oxygens (including phenoxy) is 1. The number of hydrogen-bond donors (Lipinski definition) is 1. The normalized spacial score (nSPS) is 26.9. The van der Waals surface area contributed by atoms with E-state index in [2.05, 4.69) is 35.1 Å². The van der Waals surface area contributed by atoms with E-state index in [-0.39, 0.29) is 6.09 Å². The summed E-state index contributed by atoms with van der Waals surface area (Å²) in [5.41, 5.74) is 0.920. The molecule has 0 bridgehead atoms. The SMILES string of the molecule is CCn1cccc1CNC1C2CN(C(=O)OC(C)(C)C)CC21. The van der Waals surface area contributed by atoms with Crippen molar-refractivity contribution in [1.29, 1.82) is 0 Å². The molecule has 2 fully saturated rings. The third-order valence-corrected chi connectivity index (χ3v) is 4.63. The van der Waals surface area contributed by atoms with Crippen LogP contribution in [0.3, 0.4) is 0 Å². The third-order valence-electron chi connectivity index (χ3n) is 4.63. The summed E-state index contributed by atoms with van der Waals surface area (Å²) in [6.07, 6.45) is 1.95. The number of aryl methyl sites for hydroxylation is 1. The molecule has 1 aliphatic carbocycles. The molecule has 1 aliphatic heterocycles. The van der Waals surface area contributed by atoms with Crippen molar-refractivity contribution in [3.63, 3.8) is 0 Å². The topological polar surface area (TPSA) is 46.5 Å². The molecule has 5 heteroatoms. The lowest BCUT2D eigenvalue weighted by atomic mass is 10.2.